The Morgan fingerprint density at radius 3 is 2.85 bits per heavy atom. The van der Waals surface area contributed by atoms with Gasteiger partial charge < -0.3 is 4.74 Å². The van der Waals surface area contributed by atoms with Crippen LogP contribution in [0.2, 0.25) is 0 Å². The van der Waals surface area contributed by atoms with Gasteiger partial charge in [0.05, 0.1) is 30.1 Å². The normalized spacial score (nSPS) is 22.2. The van der Waals surface area contributed by atoms with Gasteiger partial charge in [-0.15, -0.1) is 5.10 Å². The van der Waals surface area contributed by atoms with E-state index >= 15 is 0 Å². The summed E-state index contributed by atoms with van der Waals surface area (Å²) in [6.45, 7) is 2.82. The Morgan fingerprint density at radius 1 is 1.12 bits per heavy atom. The Hall–Kier alpha value is -2.64. The zero-order valence-corrected chi connectivity index (χ0v) is 14.1. The van der Waals surface area contributed by atoms with Gasteiger partial charge in [0.1, 0.15) is 11.5 Å². The monoisotopic (exact) mass is 351 g/mol. The Labute approximate surface area is 150 Å². The van der Waals surface area contributed by atoms with Crippen LogP contribution < -0.4 is 0 Å². The van der Waals surface area contributed by atoms with Crippen molar-refractivity contribution in [3.8, 4) is 11.3 Å². The fraction of sp³-hybridized carbons (Fsp3) is 0.316. The van der Waals surface area contributed by atoms with Gasteiger partial charge in [0.15, 0.2) is 0 Å². The van der Waals surface area contributed by atoms with Gasteiger partial charge in [0, 0.05) is 31.4 Å². The summed E-state index contributed by atoms with van der Waals surface area (Å²) in [6, 6.07) is 12.7. The van der Waals surface area contributed by atoms with E-state index in [0.717, 1.165) is 31.0 Å². The number of fused-ring (bicyclic) bond motifs is 3. The van der Waals surface area contributed by atoms with Gasteiger partial charge in [-0.25, -0.2) is 9.07 Å². The van der Waals surface area contributed by atoms with Crippen molar-refractivity contribution in [2.45, 2.75) is 25.3 Å². The second-order valence-electron chi connectivity index (χ2n) is 6.74. The molecule has 3 aromatic rings. The average molecular weight is 351 g/mol. The minimum atomic E-state index is -0.291. The maximum absolute atomic E-state index is 14.2. The van der Waals surface area contributed by atoms with Gasteiger partial charge in [-0.3, -0.25) is 9.88 Å². The van der Waals surface area contributed by atoms with Crippen molar-refractivity contribution in [3.63, 3.8) is 0 Å². The van der Waals surface area contributed by atoms with Gasteiger partial charge in [0.2, 0.25) is 0 Å². The highest BCUT2D eigenvalue weighted by Crippen LogP contribution is 2.35. The van der Waals surface area contributed by atoms with Gasteiger partial charge >= 0.3 is 0 Å². The molecule has 0 unspecified atom stereocenters. The second-order valence-corrected chi connectivity index (χ2v) is 6.74. The lowest BCUT2D eigenvalue weighted by Crippen LogP contribution is -2.32. The molecule has 4 heterocycles. The number of likely N-dealkylation sites (tertiary alicyclic amines) is 1. The molecule has 0 aliphatic carbocycles. The number of benzene rings is 1. The topological polar surface area (TPSA) is 56.1 Å². The molecule has 0 saturated carbocycles. The lowest BCUT2D eigenvalue weighted by atomic mass is 10.1. The van der Waals surface area contributed by atoms with Crippen LogP contribution in [0, 0.1) is 5.82 Å². The molecule has 5 rings (SSSR count). The lowest BCUT2D eigenvalue weighted by molar-refractivity contribution is -0.00496. The predicted molar refractivity (Wildman–Crippen MR) is 92.5 cm³/mol. The third-order valence-electron chi connectivity index (χ3n) is 5.09. The first-order chi connectivity index (χ1) is 12.8. The Bertz CT molecular complexity index is 929. The van der Waals surface area contributed by atoms with Crippen molar-refractivity contribution in [3.05, 3.63) is 65.9 Å². The van der Waals surface area contributed by atoms with E-state index in [2.05, 4.69) is 20.2 Å². The standard InChI is InChI=1S/C19H18FN5O/c20-15-7-2-1-6-14(15)19-17-12-26-18-11-24(9-13-5-3-4-8-21-13)10-16(18)25(17)23-22-19/h1-8,16,18H,9-12H2/t16-,18+/m1/s1. The second kappa shape index (κ2) is 6.26. The SMILES string of the molecule is Fc1ccccc1-c1nnn2c1CO[C@H]1CN(Cc3ccccn3)C[C@H]12. The Kier molecular flexibility index (Phi) is 3.76. The molecule has 0 N–H and O–H groups in total. The molecular weight excluding hydrogens is 333 g/mol. The van der Waals surface area contributed by atoms with Crippen LogP contribution in [-0.2, 0) is 17.9 Å². The first-order valence-electron chi connectivity index (χ1n) is 8.72. The summed E-state index contributed by atoms with van der Waals surface area (Å²) in [7, 11) is 0. The van der Waals surface area contributed by atoms with E-state index in [-0.39, 0.29) is 18.0 Å². The van der Waals surface area contributed by atoms with Crippen LogP contribution in [0.15, 0.2) is 48.7 Å². The van der Waals surface area contributed by atoms with E-state index in [0.29, 0.717) is 17.9 Å². The van der Waals surface area contributed by atoms with Gasteiger partial charge in [-0.1, -0.05) is 23.4 Å². The summed E-state index contributed by atoms with van der Waals surface area (Å²) in [4.78, 5) is 6.72. The van der Waals surface area contributed by atoms with Crippen LogP contribution in [0.4, 0.5) is 4.39 Å². The van der Waals surface area contributed by atoms with Gasteiger partial charge in [-0.05, 0) is 24.3 Å². The molecule has 132 valence electrons. The first kappa shape index (κ1) is 15.6. The number of halogens is 1. The van der Waals surface area contributed by atoms with Crippen molar-refractivity contribution in [1.82, 2.24) is 24.9 Å². The van der Waals surface area contributed by atoms with Crippen LogP contribution in [0.25, 0.3) is 11.3 Å². The quantitative estimate of drug-likeness (QED) is 0.725. The number of pyridine rings is 1. The summed E-state index contributed by atoms with van der Waals surface area (Å²) in [5.74, 6) is -0.291. The van der Waals surface area contributed by atoms with E-state index in [1.54, 1.807) is 18.2 Å². The molecular formula is C19H18FN5O. The molecule has 2 aromatic heterocycles. The molecule has 0 bridgehead atoms. The molecule has 1 fully saturated rings. The Balaban J connectivity index is 1.41. The third kappa shape index (κ3) is 2.60. The van der Waals surface area contributed by atoms with Crippen LogP contribution in [-0.4, -0.2) is 44.1 Å². The summed E-state index contributed by atoms with van der Waals surface area (Å²) >= 11 is 0. The first-order valence-corrected chi connectivity index (χ1v) is 8.72. The van der Waals surface area contributed by atoms with Crippen molar-refractivity contribution in [2.24, 2.45) is 0 Å². The van der Waals surface area contributed by atoms with E-state index in [9.17, 15) is 4.39 Å². The highest BCUT2D eigenvalue weighted by molar-refractivity contribution is 5.62. The predicted octanol–water partition coefficient (Wildman–Crippen LogP) is 2.43. The lowest BCUT2D eigenvalue weighted by Gasteiger charge is -2.26. The molecule has 0 amide bonds. The minimum Gasteiger partial charge on any atom is -0.368 e. The molecule has 1 aromatic carbocycles. The molecule has 0 radical (unpaired) electrons. The smallest absolute Gasteiger partial charge is 0.132 e. The summed E-state index contributed by atoms with van der Waals surface area (Å²) in [6.07, 6.45) is 1.88. The number of rotatable bonds is 3. The molecule has 7 heteroatoms. The molecule has 2 atom stereocenters. The number of ether oxygens (including phenoxy) is 1. The highest BCUT2D eigenvalue weighted by atomic mass is 19.1. The molecule has 2 aliphatic rings. The molecule has 0 spiro atoms. The third-order valence-corrected chi connectivity index (χ3v) is 5.09. The van der Waals surface area contributed by atoms with E-state index in [4.69, 9.17) is 4.74 Å². The van der Waals surface area contributed by atoms with E-state index in [1.807, 2.05) is 29.1 Å². The van der Waals surface area contributed by atoms with Gasteiger partial charge in [0.25, 0.3) is 0 Å². The number of aromatic nitrogens is 4. The van der Waals surface area contributed by atoms with Crippen molar-refractivity contribution in [1.29, 1.82) is 0 Å². The highest BCUT2D eigenvalue weighted by Gasteiger charge is 2.40. The summed E-state index contributed by atoms with van der Waals surface area (Å²) < 4.78 is 22.2. The van der Waals surface area contributed by atoms with Crippen LogP contribution in [0.5, 0.6) is 0 Å². The summed E-state index contributed by atoms with van der Waals surface area (Å²) in [5, 5.41) is 8.60. The van der Waals surface area contributed by atoms with E-state index in [1.165, 1.54) is 6.07 Å². The van der Waals surface area contributed by atoms with Crippen LogP contribution in [0.1, 0.15) is 17.4 Å². The maximum Gasteiger partial charge on any atom is 0.132 e. The number of hydrogen-bond donors (Lipinski definition) is 0. The minimum absolute atomic E-state index is 0.0707. The van der Waals surface area contributed by atoms with Crippen molar-refractivity contribution < 1.29 is 9.13 Å². The average Bonchev–Trinajstić information content (AvgIpc) is 3.26. The number of hydrogen-bond acceptors (Lipinski definition) is 5. The summed E-state index contributed by atoms with van der Waals surface area (Å²) in [5.41, 5.74) is 2.93. The molecule has 1 saturated heterocycles. The van der Waals surface area contributed by atoms with Crippen LogP contribution in [0.3, 0.4) is 0 Å². The fourth-order valence-electron chi connectivity index (χ4n) is 3.84. The maximum atomic E-state index is 14.2. The van der Waals surface area contributed by atoms with Crippen LogP contribution >= 0.6 is 0 Å². The Morgan fingerprint density at radius 2 is 2.00 bits per heavy atom. The fourth-order valence-corrected chi connectivity index (χ4v) is 3.84. The van der Waals surface area contributed by atoms with E-state index < -0.39 is 0 Å². The zero-order chi connectivity index (χ0) is 17.5. The van der Waals surface area contributed by atoms with Crippen molar-refractivity contribution >= 4 is 0 Å². The molecule has 26 heavy (non-hydrogen) atoms. The largest absolute Gasteiger partial charge is 0.368 e. The van der Waals surface area contributed by atoms with Crippen molar-refractivity contribution in [2.75, 3.05) is 13.1 Å². The molecule has 6 nitrogen and oxygen atoms in total. The van der Waals surface area contributed by atoms with Gasteiger partial charge in [-0.2, -0.15) is 0 Å². The number of nitrogens with zero attached hydrogens (tertiary/aromatic N) is 5. The molecule has 2 aliphatic heterocycles. The zero-order valence-electron chi connectivity index (χ0n) is 14.1.